The molecular formula is C14H19NO3. The molecular weight excluding hydrogens is 230 g/mol. The van der Waals surface area contributed by atoms with Crippen LogP contribution in [0.25, 0.3) is 0 Å². The van der Waals surface area contributed by atoms with E-state index in [-0.39, 0.29) is 6.61 Å². The van der Waals surface area contributed by atoms with E-state index in [1.165, 1.54) is 6.08 Å². The maximum Gasteiger partial charge on any atom is 0.278 e. The average molecular weight is 249 g/mol. The van der Waals surface area contributed by atoms with Gasteiger partial charge in [-0.15, -0.1) is 6.58 Å². The number of hydroxylamine groups is 2. The SMILES string of the molecule is C=CC(CO)N(O)C(=O)c1c(C)cc(C)cc1C. The van der Waals surface area contributed by atoms with Gasteiger partial charge in [-0.1, -0.05) is 23.8 Å². The predicted molar refractivity (Wildman–Crippen MR) is 69.7 cm³/mol. The number of aliphatic hydroxyl groups excluding tert-OH is 1. The van der Waals surface area contributed by atoms with Crippen LogP contribution in [-0.4, -0.2) is 33.9 Å². The first kappa shape index (κ1) is 14.4. The number of amides is 1. The Morgan fingerprint density at radius 1 is 1.39 bits per heavy atom. The number of carbonyl (C=O) groups is 1. The van der Waals surface area contributed by atoms with Gasteiger partial charge in [-0.2, -0.15) is 0 Å². The molecule has 98 valence electrons. The number of rotatable bonds is 4. The van der Waals surface area contributed by atoms with Crippen LogP contribution in [0.3, 0.4) is 0 Å². The zero-order chi connectivity index (χ0) is 13.9. The smallest absolute Gasteiger partial charge is 0.278 e. The van der Waals surface area contributed by atoms with Gasteiger partial charge >= 0.3 is 0 Å². The van der Waals surface area contributed by atoms with Crippen LogP contribution in [0.5, 0.6) is 0 Å². The normalized spacial score (nSPS) is 12.1. The standard InChI is InChI=1S/C14H19NO3/c1-5-12(8-16)15(18)14(17)13-10(3)6-9(2)7-11(13)4/h5-7,12,16,18H,1,8H2,2-4H3. The Labute approximate surface area is 107 Å². The Bertz CT molecular complexity index is 445. The van der Waals surface area contributed by atoms with Gasteiger partial charge in [-0.3, -0.25) is 10.0 Å². The lowest BCUT2D eigenvalue weighted by Crippen LogP contribution is -2.39. The molecule has 18 heavy (non-hydrogen) atoms. The van der Waals surface area contributed by atoms with Crippen molar-refractivity contribution in [3.8, 4) is 0 Å². The van der Waals surface area contributed by atoms with E-state index in [9.17, 15) is 10.0 Å². The molecule has 0 aliphatic heterocycles. The predicted octanol–water partition coefficient (Wildman–Crippen LogP) is 1.99. The number of hydrogen-bond acceptors (Lipinski definition) is 3. The van der Waals surface area contributed by atoms with E-state index in [0.29, 0.717) is 10.6 Å². The molecule has 0 radical (unpaired) electrons. The number of aryl methyl sites for hydroxylation is 3. The highest BCUT2D eigenvalue weighted by Gasteiger charge is 2.23. The van der Waals surface area contributed by atoms with Gasteiger partial charge in [0, 0.05) is 5.56 Å². The maximum absolute atomic E-state index is 12.2. The van der Waals surface area contributed by atoms with Crippen molar-refractivity contribution in [1.82, 2.24) is 5.06 Å². The van der Waals surface area contributed by atoms with Gasteiger partial charge in [0.25, 0.3) is 5.91 Å². The minimum Gasteiger partial charge on any atom is -0.394 e. The molecule has 0 saturated carbocycles. The first-order valence-corrected chi connectivity index (χ1v) is 5.76. The van der Waals surface area contributed by atoms with Crippen molar-refractivity contribution in [2.75, 3.05) is 6.61 Å². The molecule has 0 fully saturated rings. The molecule has 0 spiro atoms. The monoisotopic (exact) mass is 249 g/mol. The van der Waals surface area contributed by atoms with E-state index in [0.717, 1.165) is 16.7 Å². The van der Waals surface area contributed by atoms with E-state index < -0.39 is 11.9 Å². The third kappa shape index (κ3) is 2.78. The van der Waals surface area contributed by atoms with Crippen molar-refractivity contribution in [3.63, 3.8) is 0 Å². The van der Waals surface area contributed by atoms with Gasteiger partial charge in [-0.25, -0.2) is 5.06 Å². The lowest BCUT2D eigenvalue weighted by Gasteiger charge is -2.23. The first-order chi connectivity index (χ1) is 8.42. The zero-order valence-electron chi connectivity index (χ0n) is 11.0. The summed E-state index contributed by atoms with van der Waals surface area (Å²) in [6.07, 6.45) is 1.33. The first-order valence-electron chi connectivity index (χ1n) is 5.76. The van der Waals surface area contributed by atoms with Gasteiger partial charge < -0.3 is 5.11 Å². The number of hydrogen-bond donors (Lipinski definition) is 2. The second-order valence-electron chi connectivity index (χ2n) is 4.41. The molecule has 1 aromatic carbocycles. The summed E-state index contributed by atoms with van der Waals surface area (Å²) in [5.74, 6) is -0.524. The molecule has 2 N–H and O–H groups in total. The summed E-state index contributed by atoms with van der Waals surface area (Å²) in [7, 11) is 0. The number of aliphatic hydroxyl groups is 1. The van der Waals surface area contributed by atoms with Crippen molar-refractivity contribution < 1.29 is 15.1 Å². The maximum atomic E-state index is 12.2. The zero-order valence-corrected chi connectivity index (χ0v) is 11.0. The minimum atomic E-state index is -0.794. The molecule has 1 amide bonds. The molecule has 4 heteroatoms. The van der Waals surface area contributed by atoms with Gasteiger partial charge in [0.1, 0.15) is 6.04 Å². The average Bonchev–Trinajstić information content (AvgIpc) is 2.28. The minimum absolute atomic E-state index is 0.365. The highest BCUT2D eigenvalue weighted by atomic mass is 16.5. The molecule has 0 bridgehead atoms. The number of nitrogens with zero attached hydrogens (tertiary/aromatic N) is 1. The van der Waals surface area contributed by atoms with Gasteiger partial charge in [0.15, 0.2) is 0 Å². The van der Waals surface area contributed by atoms with Crippen LogP contribution in [-0.2, 0) is 0 Å². The third-order valence-corrected chi connectivity index (χ3v) is 2.87. The molecule has 0 aromatic heterocycles. The van der Waals surface area contributed by atoms with Crippen LogP contribution in [0.1, 0.15) is 27.0 Å². The van der Waals surface area contributed by atoms with E-state index in [4.69, 9.17) is 5.11 Å². The van der Waals surface area contributed by atoms with E-state index >= 15 is 0 Å². The second-order valence-corrected chi connectivity index (χ2v) is 4.41. The molecule has 1 rings (SSSR count). The third-order valence-electron chi connectivity index (χ3n) is 2.87. The van der Waals surface area contributed by atoms with Crippen LogP contribution in [0.15, 0.2) is 24.8 Å². The molecule has 1 aromatic rings. The molecule has 1 atom stereocenters. The summed E-state index contributed by atoms with van der Waals surface area (Å²) in [5.41, 5.74) is 3.13. The Morgan fingerprint density at radius 3 is 2.28 bits per heavy atom. The van der Waals surface area contributed by atoms with Crippen LogP contribution < -0.4 is 0 Å². The highest BCUT2D eigenvalue weighted by Crippen LogP contribution is 2.18. The molecule has 0 heterocycles. The lowest BCUT2D eigenvalue weighted by atomic mass is 9.99. The van der Waals surface area contributed by atoms with Gasteiger partial charge in [-0.05, 0) is 31.9 Å². The van der Waals surface area contributed by atoms with Gasteiger partial charge in [0.2, 0.25) is 0 Å². The Hall–Kier alpha value is -1.65. The Kier molecular flexibility index (Phi) is 4.64. The molecule has 4 nitrogen and oxygen atoms in total. The van der Waals surface area contributed by atoms with Crippen LogP contribution in [0.2, 0.25) is 0 Å². The Balaban J connectivity index is 3.15. The number of benzene rings is 1. The van der Waals surface area contributed by atoms with E-state index in [1.54, 1.807) is 0 Å². The molecule has 0 aliphatic carbocycles. The summed E-state index contributed by atoms with van der Waals surface area (Å²) in [6.45, 7) is 8.70. The summed E-state index contributed by atoms with van der Waals surface area (Å²) in [6, 6.07) is 2.98. The lowest BCUT2D eigenvalue weighted by molar-refractivity contribution is -0.0866. The van der Waals surface area contributed by atoms with Crippen molar-refractivity contribution in [2.24, 2.45) is 0 Å². The quantitative estimate of drug-likeness (QED) is 0.487. The largest absolute Gasteiger partial charge is 0.394 e. The van der Waals surface area contributed by atoms with Crippen molar-refractivity contribution in [1.29, 1.82) is 0 Å². The topological polar surface area (TPSA) is 60.8 Å². The van der Waals surface area contributed by atoms with Crippen LogP contribution in [0, 0.1) is 20.8 Å². The fourth-order valence-corrected chi connectivity index (χ4v) is 2.03. The van der Waals surface area contributed by atoms with E-state index in [2.05, 4.69) is 6.58 Å². The van der Waals surface area contributed by atoms with Crippen LogP contribution >= 0.6 is 0 Å². The fraction of sp³-hybridized carbons (Fsp3) is 0.357. The summed E-state index contributed by atoms with van der Waals surface area (Å²) < 4.78 is 0. The molecule has 0 aliphatic rings. The number of carbonyl (C=O) groups excluding carboxylic acids is 1. The molecule has 1 unspecified atom stereocenters. The highest BCUT2D eigenvalue weighted by molar-refractivity contribution is 5.96. The summed E-state index contributed by atoms with van der Waals surface area (Å²) in [4.78, 5) is 12.2. The summed E-state index contributed by atoms with van der Waals surface area (Å²) >= 11 is 0. The Morgan fingerprint density at radius 2 is 1.89 bits per heavy atom. The van der Waals surface area contributed by atoms with Crippen molar-refractivity contribution in [3.05, 3.63) is 47.0 Å². The second kappa shape index (κ2) is 5.80. The van der Waals surface area contributed by atoms with Crippen molar-refractivity contribution >= 4 is 5.91 Å². The van der Waals surface area contributed by atoms with E-state index in [1.807, 2.05) is 32.9 Å². The fourth-order valence-electron chi connectivity index (χ4n) is 2.03. The molecule has 0 saturated heterocycles. The van der Waals surface area contributed by atoms with Crippen LogP contribution in [0.4, 0.5) is 0 Å². The van der Waals surface area contributed by atoms with Crippen molar-refractivity contribution in [2.45, 2.75) is 26.8 Å². The van der Waals surface area contributed by atoms with Gasteiger partial charge in [0.05, 0.1) is 6.61 Å². The summed E-state index contributed by atoms with van der Waals surface area (Å²) in [5, 5.41) is 19.4.